The van der Waals surface area contributed by atoms with Gasteiger partial charge in [-0.3, -0.25) is 4.79 Å². The van der Waals surface area contributed by atoms with Crippen molar-refractivity contribution < 1.29 is 9.18 Å². The lowest BCUT2D eigenvalue weighted by molar-refractivity contribution is -0.128. The second kappa shape index (κ2) is 8.08. The molecule has 0 N–H and O–H groups in total. The van der Waals surface area contributed by atoms with Crippen LogP contribution in [0.3, 0.4) is 0 Å². The van der Waals surface area contributed by atoms with Gasteiger partial charge in [-0.1, -0.05) is 23.9 Å². The van der Waals surface area contributed by atoms with Crippen LogP contribution in [0.1, 0.15) is 35.6 Å². The highest BCUT2D eigenvalue weighted by Gasteiger charge is 2.19. The number of rotatable bonds is 5. The molecular formula is C18H19FN4OS. The molecule has 0 saturated heterocycles. The van der Waals surface area contributed by atoms with Gasteiger partial charge in [0.25, 0.3) is 0 Å². The lowest BCUT2D eigenvalue weighted by Crippen LogP contribution is -2.31. The van der Waals surface area contributed by atoms with Crippen LogP contribution in [0.4, 0.5) is 4.39 Å². The number of hydrogen-bond donors (Lipinski definition) is 0. The van der Waals surface area contributed by atoms with Gasteiger partial charge < -0.3 is 4.90 Å². The van der Waals surface area contributed by atoms with Crippen LogP contribution in [-0.4, -0.2) is 33.6 Å². The van der Waals surface area contributed by atoms with Crippen molar-refractivity contribution in [3.63, 3.8) is 0 Å². The molecular weight excluding hydrogens is 339 g/mol. The first-order valence-electron chi connectivity index (χ1n) is 7.72. The maximum absolute atomic E-state index is 13.0. The third kappa shape index (κ3) is 4.54. The molecule has 1 aromatic heterocycles. The van der Waals surface area contributed by atoms with Crippen molar-refractivity contribution in [1.82, 2.24) is 14.9 Å². The summed E-state index contributed by atoms with van der Waals surface area (Å²) in [4.78, 5) is 22.5. The molecule has 130 valence electrons. The van der Waals surface area contributed by atoms with E-state index in [1.165, 1.54) is 23.9 Å². The van der Waals surface area contributed by atoms with Crippen molar-refractivity contribution in [3.8, 4) is 6.07 Å². The molecule has 1 atom stereocenters. The van der Waals surface area contributed by atoms with E-state index in [0.29, 0.717) is 22.1 Å². The van der Waals surface area contributed by atoms with Crippen LogP contribution in [0.2, 0.25) is 0 Å². The molecule has 1 amide bonds. The van der Waals surface area contributed by atoms with Gasteiger partial charge >= 0.3 is 0 Å². The largest absolute Gasteiger partial charge is 0.338 e. The van der Waals surface area contributed by atoms with Crippen LogP contribution in [0.25, 0.3) is 0 Å². The first-order valence-corrected chi connectivity index (χ1v) is 8.71. The normalized spacial score (nSPS) is 11.7. The first kappa shape index (κ1) is 18.9. The van der Waals surface area contributed by atoms with Gasteiger partial charge in [-0.25, -0.2) is 14.4 Å². The molecule has 0 bridgehead atoms. The molecule has 0 fully saturated rings. The monoisotopic (exact) mass is 358 g/mol. The molecule has 0 aliphatic heterocycles. The lowest BCUT2D eigenvalue weighted by atomic mass is 10.1. The highest BCUT2D eigenvalue weighted by Crippen LogP contribution is 2.24. The van der Waals surface area contributed by atoms with Gasteiger partial charge in [-0.05, 0) is 38.5 Å². The Morgan fingerprint density at radius 2 is 1.96 bits per heavy atom. The van der Waals surface area contributed by atoms with E-state index in [4.69, 9.17) is 0 Å². The van der Waals surface area contributed by atoms with Crippen LogP contribution < -0.4 is 0 Å². The molecule has 2 aromatic rings. The van der Waals surface area contributed by atoms with E-state index in [2.05, 4.69) is 16.0 Å². The molecule has 0 spiro atoms. The third-order valence-electron chi connectivity index (χ3n) is 3.94. The molecule has 0 aliphatic rings. The van der Waals surface area contributed by atoms with Crippen molar-refractivity contribution in [2.75, 3.05) is 12.8 Å². The zero-order valence-electron chi connectivity index (χ0n) is 14.6. The minimum Gasteiger partial charge on any atom is -0.338 e. The van der Waals surface area contributed by atoms with Crippen LogP contribution in [-0.2, 0) is 4.79 Å². The van der Waals surface area contributed by atoms with E-state index in [9.17, 15) is 14.4 Å². The topological polar surface area (TPSA) is 69.9 Å². The summed E-state index contributed by atoms with van der Waals surface area (Å²) >= 11 is 1.23. The van der Waals surface area contributed by atoms with Crippen molar-refractivity contribution in [3.05, 3.63) is 52.7 Å². The number of nitrogens with zero attached hydrogens (tertiary/aromatic N) is 4. The van der Waals surface area contributed by atoms with E-state index < -0.39 is 0 Å². The van der Waals surface area contributed by atoms with Gasteiger partial charge in [0.15, 0.2) is 0 Å². The zero-order chi connectivity index (χ0) is 18.6. The Labute approximate surface area is 150 Å². The summed E-state index contributed by atoms with van der Waals surface area (Å²) in [6.45, 7) is 5.39. The molecule has 1 unspecified atom stereocenters. The van der Waals surface area contributed by atoms with Gasteiger partial charge in [-0.15, -0.1) is 0 Å². The predicted molar refractivity (Wildman–Crippen MR) is 94.5 cm³/mol. The molecule has 0 radical (unpaired) electrons. The number of halogens is 1. The maximum atomic E-state index is 13.0. The second-order valence-corrected chi connectivity index (χ2v) is 6.63. The summed E-state index contributed by atoms with van der Waals surface area (Å²) in [7, 11) is 1.71. The van der Waals surface area contributed by atoms with E-state index in [1.54, 1.807) is 37.9 Å². The minimum absolute atomic E-state index is 0.0976. The number of thioether (sulfide) groups is 1. The summed E-state index contributed by atoms with van der Waals surface area (Å²) in [5.41, 5.74) is 1.87. The van der Waals surface area contributed by atoms with Crippen molar-refractivity contribution in [1.29, 1.82) is 5.26 Å². The number of nitriles is 1. The Balaban J connectivity index is 2.07. The summed E-state index contributed by atoms with van der Waals surface area (Å²) in [6.07, 6.45) is 0. The summed E-state index contributed by atoms with van der Waals surface area (Å²) in [5.74, 6) is 0.324. The fraction of sp³-hybridized carbons (Fsp3) is 0.333. The van der Waals surface area contributed by atoms with E-state index in [1.807, 2.05) is 6.92 Å². The van der Waals surface area contributed by atoms with E-state index in [0.717, 1.165) is 5.56 Å². The predicted octanol–water partition coefficient (Wildman–Crippen LogP) is 3.42. The Morgan fingerprint density at radius 3 is 2.56 bits per heavy atom. The molecule has 2 rings (SSSR count). The van der Waals surface area contributed by atoms with Gasteiger partial charge in [0.2, 0.25) is 5.91 Å². The molecule has 5 nitrogen and oxygen atoms in total. The van der Waals surface area contributed by atoms with E-state index in [-0.39, 0.29) is 23.5 Å². The summed E-state index contributed by atoms with van der Waals surface area (Å²) in [6, 6.07) is 8.01. The number of aromatic nitrogens is 2. The molecule has 7 heteroatoms. The third-order valence-corrected chi connectivity index (χ3v) is 4.90. The fourth-order valence-corrected chi connectivity index (χ4v) is 3.33. The van der Waals surface area contributed by atoms with Crippen LogP contribution in [0, 0.1) is 31.0 Å². The Kier molecular flexibility index (Phi) is 6.10. The molecule has 0 saturated carbocycles. The van der Waals surface area contributed by atoms with Gasteiger partial charge in [0.1, 0.15) is 28.3 Å². The number of aryl methyl sites for hydroxylation is 2. The molecule has 25 heavy (non-hydrogen) atoms. The van der Waals surface area contributed by atoms with Crippen LogP contribution in [0.5, 0.6) is 0 Å². The van der Waals surface area contributed by atoms with Crippen molar-refractivity contribution >= 4 is 17.7 Å². The zero-order valence-corrected chi connectivity index (χ0v) is 15.4. The number of carbonyl (C=O) groups excluding carboxylic acids is 1. The standard InChI is InChI=1S/C18H19FN4OS/c1-11-16(9-20)18(22-13(3)21-11)25-10-17(24)23(4)12(2)14-5-7-15(19)8-6-14/h5-8,12H,10H2,1-4H3. The number of benzene rings is 1. The number of carbonyl (C=O) groups is 1. The van der Waals surface area contributed by atoms with Crippen LogP contribution >= 0.6 is 11.8 Å². The minimum atomic E-state index is -0.306. The average molecular weight is 358 g/mol. The Hall–Kier alpha value is -2.46. The SMILES string of the molecule is Cc1nc(C)c(C#N)c(SCC(=O)N(C)C(C)c2ccc(F)cc2)n1. The maximum Gasteiger partial charge on any atom is 0.233 e. The molecule has 1 heterocycles. The molecule has 1 aromatic carbocycles. The van der Waals surface area contributed by atoms with Gasteiger partial charge in [0.05, 0.1) is 17.5 Å². The van der Waals surface area contributed by atoms with Gasteiger partial charge in [0, 0.05) is 7.05 Å². The number of hydrogen-bond acceptors (Lipinski definition) is 5. The Morgan fingerprint density at radius 1 is 1.32 bits per heavy atom. The summed E-state index contributed by atoms with van der Waals surface area (Å²) in [5, 5.41) is 9.77. The van der Waals surface area contributed by atoms with E-state index >= 15 is 0 Å². The lowest BCUT2D eigenvalue weighted by Gasteiger charge is -2.25. The van der Waals surface area contributed by atoms with Crippen molar-refractivity contribution in [2.45, 2.75) is 31.8 Å². The van der Waals surface area contributed by atoms with Crippen LogP contribution in [0.15, 0.2) is 29.3 Å². The summed E-state index contributed by atoms with van der Waals surface area (Å²) < 4.78 is 13.0. The number of amides is 1. The van der Waals surface area contributed by atoms with Gasteiger partial charge in [-0.2, -0.15) is 5.26 Å². The Bertz CT molecular complexity index is 817. The highest BCUT2D eigenvalue weighted by atomic mass is 32.2. The van der Waals surface area contributed by atoms with Crippen molar-refractivity contribution in [2.24, 2.45) is 0 Å². The first-order chi connectivity index (χ1) is 11.8. The highest BCUT2D eigenvalue weighted by molar-refractivity contribution is 8.00. The fourth-order valence-electron chi connectivity index (χ4n) is 2.33. The average Bonchev–Trinajstić information content (AvgIpc) is 2.58. The quantitative estimate of drug-likeness (QED) is 0.605. The second-order valence-electron chi connectivity index (χ2n) is 5.67. The smallest absolute Gasteiger partial charge is 0.233 e. The molecule has 0 aliphatic carbocycles.